The highest BCUT2D eigenvalue weighted by Gasteiger charge is 2.36. The first-order chi connectivity index (χ1) is 39.3. The zero-order valence-electron chi connectivity index (χ0n) is 44.7. The minimum absolute atomic E-state index is 0.0717. The van der Waals surface area contributed by atoms with Crippen molar-refractivity contribution in [3.05, 3.63) is 145 Å². The van der Waals surface area contributed by atoms with Gasteiger partial charge in [-0.05, 0) is 84.9 Å². The molecule has 5 aromatic heterocycles. The van der Waals surface area contributed by atoms with Gasteiger partial charge in [-0.2, -0.15) is 15.1 Å². The fourth-order valence-electron chi connectivity index (χ4n) is 10.6. The zero-order valence-corrected chi connectivity index (χ0v) is 45.5. The van der Waals surface area contributed by atoms with E-state index in [0.717, 1.165) is 97.6 Å². The Bertz CT molecular complexity index is 3300. The number of morpholine rings is 1. The SMILES string of the molecule is CN(C)C1CC(c2cc(F)ccc2Sc2ncc(N3CCN(c4ncnc(Nc5cnn(CC6CNCCO6)c5)n4)CC3)nn2)N(Cc2cccc(Nc3ncnc(N4CCN(c5ncc(Cc6ccccc6)cn5)CC4)n3)c2)C1. The van der Waals surface area contributed by atoms with E-state index < -0.39 is 0 Å². The van der Waals surface area contributed by atoms with Gasteiger partial charge in [-0.3, -0.25) is 9.58 Å². The van der Waals surface area contributed by atoms with E-state index in [0.29, 0.717) is 80.6 Å². The molecule has 80 heavy (non-hydrogen) atoms. The van der Waals surface area contributed by atoms with Crippen LogP contribution in [-0.4, -0.2) is 179 Å². The van der Waals surface area contributed by atoms with E-state index in [1.165, 1.54) is 29.7 Å². The average Bonchev–Trinajstić information content (AvgIpc) is 4.15. The summed E-state index contributed by atoms with van der Waals surface area (Å²) in [4.78, 5) is 55.8. The largest absolute Gasteiger partial charge is 0.374 e. The highest BCUT2D eigenvalue weighted by atomic mass is 32.2. The molecule has 8 aromatic rings. The molecule has 4 saturated heterocycles. The van der Waals surface area contributed by atoms with Gasteiger partial charge >= 0.3 is 0 Å². The number of halogens is 1. The first-order valence-electron chi connectivity index (χ1n) is 27.0. The zero-order chi connectivity index (χ0) is 54.2. The van der Waals surface area contributed by atoms with Crippen LogP contribution in [0, 0.1) is 5.82 Å². The Morgan fingerprint density at radius 2 is 1.39 bits per heavy atom. The van der Waals surface area contributed by atoms with E-state index in [4.69, 9.17) is 29.7 Å². The van der Waals surface area contributed by atoms with E-state index >= 15 is 4.39 Å². The molecule has 4 aliphatic heterocycles. The Labute approximate surface area is 467 Å². The molecule has 0 amide bonds. The molecular weight excluding hydrogens is 1040 g/mol. The second-order valence-electron chi connectivity index (χ2n) is 20.5. The maximum absolute atomic E-state index is 15.3. The van der Waals surface area contributed by atoms with Gasteiger partial charge < -0.3 is 45.2 Å². The molecule has 0 aliphatic carbocycles. The molecule has 25 heteroatoms. The molecule has 3 aromatic carbocycles. The third-order valence-corrected chi connectivity index (χ3v) is 15.8. The average molecular weight is 1100 g/mol. The van der Waals surface area contributed by atoms with Crippen molar-refractivity contribution in [1.82, 2.24) is 80.0 Å². The lowest BCUT2D eigenvalue weighted by atomic mass is 10.0. The number of hydrogen-bond acceptors (Lipinski definition) is 23. The highest BCUT2D eigenvalue weighted by molar-refractivity contribution is 7.99. The molecular formula is C55H63FN22OS. The van der Waals surface area contributed by atoms with Crippen LogP contribution < -0.4 is 35.6 Å². The predicted octanol–water partition coefficient (Wildman–Crippen LogP) is 5.12. The molecule has 0 bridgehead atoms. The molecule has 0 radical (unpaired) electrons. The monoisotopic (exact) mass is 1100 g/mol. The van der Waals surface area contributed by atoms with Crippen LogP contribution in [0.25, 0.3) is 0 Å². The number of aromatic nitrogens is 13. The Kier molecular flexibility index (Phi) is 16.1. The Hall–Kier alpha value is -8.10. The molecule has 3 atom stereocenters. The van der Waals surface area contributed by atoms with Crippen molar-refractivity contribution in [3.8, 4) is 0 Å². The van der Waals surface area contributed by atoms with Gasteiger partial charge in [0, 0.05) is 126 Å². The number of anilines is 8. The summed E-state index contributed by atoms with van der Waals surface area (Å²) >= 11 is 1.41. The van der Waals surface area contributed by atoms with Crippen molar-refractivity contribution in [2.75, 3.05) is 123 Å². The van der Waals surface area contributed by atoms with Gasteiger partial charge in [0.05, 0.1) is 37.3 Å². The first kappa shape index (κ1) is 52.6. The number of likely N-dealkylation sites (N-methyl/N-ethyl adjacent to an activating group) is 1. The van der Waals surface area contributed by atoms with E-state index in [1.807, 2.05) is 59.7 Å². The van der Waals surface area contributed by atoms with E-state index in [2.05, 4.69) is 119 Å². The molecule has 3 N–H and O–H groups in total. The fourth-order valence-corrected chi connectivity index (χ4v) is 11.4. The van der Waals surface area contributed by atoms with Gasteiger partial charge in [-0.1, -0.05) is 42.5 Å². The molecule has 23 nitrogen and oxygen atoms in total. The Morgan fingerprint density at radius 3 is 2.08 bits per heavy atom. The van der Waals surface area contributed by atoms with Gasteiger partial charge in [-0.25, -0.2) is 39.3 Å². The molecule has 3 unspecified atom stereocenters. The topological polar surface area (TPSA) is 224 Å². The maximum Gasteiger partial charge on any atom is 0.232 e. The highest BCUT2D eigenvalue weighted by Crippen LogP contribution is 2.41. The van der Waals surface area contributed by atoms with Gasteiger partial charge in [0.15, 0.2) is 5.82 Å². The van der Waals surface area contributed by atoms with Gasteiger partial charge in [0.1, 0.15) is 18.5 Å². The summed E-state index contributed by atoms with van der Waals surface area (Å²) in [6.45, 7) is 10.1. The number of piperazine rings is 2. The van der Waals surface area contributed by atoms with Crippen molar-refractivity contribution in [1.29, 1.82) is 0 Å². The smallest absolute Gasteiger partial charge is 0.232 e. The van der Waals surface area contributed by atoms with Gasteiger partial charge in [0.2, 0.25) is 34.9 Å². The van der Waals surface area contributed by atoms with Crippen LogP contribution in [-0.2, 0) is 24.2 Å². The molecule has 412 valence electrons. The van der Waals surface area contributed by atoms with Crippen LogP contribution in [0.5, 0.6) is 0 Å². The molecule has 0 saturated carbocycles. The van der Waals surface area contributed by atoms with E-state index in [9.17, 15) is 0 Å². The van der Waals surface area contributed by atoms with Crippen molar-refractivity contribution in [3.63, 3.8) is 0 Å². The summed E-state index contributed by atoms with van der Waals surface area (Å²) in [7, 11) is 4.21. The molecule has 4 aliphatic rings. The van der Waals surface area contributed by atoms with Crippen molar-refractivity contribution in [2.24, 2.45) is 0 Å². The fraction of sp³-hybridized carbons (Fsp3) is 0.382. The summed E-state index contributed by atoms with van der Waals surface area (Å²) in [5.74, 6) is 3.24. The molecule has 12 rings (SSSR count). The number of nitrogens with one attached hydrogen (secondary N) is 3. The second-order valence-corrected chi connectivity index (χ2v) is 21.5. The molecule has 4 fully saturated rings. The Balaban J connectivity index is 0.650. The van der Waals surface area contributed by atoms with Crippen LogP contribution in [0.4, 0.5) is 51.3 Å². The summed E-state index contributed by atoms with van der Waals surface area (Å²) in [5, 5.41) is 24.2. The Morgan fingerprint density at radius 1 is 0.688 bits per heavy atom. The first-order valence-corrected chi connectivity index (χ1v) is 27.9. The lowest BCUT2D eigenvalue weighted by molar-refractivity contribution is 0.0161. The summed E-state index contributed by atoms with van der Waals surface area (Å²) in [5.41, 5.74) is 5.96. The van der Waals surface area contributed by atoms with Crippen LogP contribution in [0.2, 0.25) is 0 Å². The summed E-state index contributed by atoms with van der Waals surface area (Å²) < 4.78 is 23.0. The third kappa shape index (κ3) is 13.0. The van der Waals surface area contributed by atoms with Crippen molar-refractivity contribution >= 4 is 58.7 Å². The number of nitrogens with zero attached hydrogens (tertiary/aromatic N) is 19. The van der Waals surface area contributed by atoms with Crippen LogP contribution in [0.1, 0.15) is 34.7 Å². The predicted molar refractivity (Wildman–Crippen MR) is 303 cm³/mol. The van der Waals surface area contributed by atoms with Gasteiger partial charge in [-0.15, -0.1) is 10.2 Å². The lowest BCUT2D eigenvalue weighted by Gasteiger charge is -2.34. The van der Waals surface area contributed by atoms with E-state index in [1.54, 1.807) is 24.8 Å². The number of benzene rings is 3. The van der Waals surface area contributed by atoms with Gasteiger partial charge in [0.25, 0.3) is 0 Å². The van der Waals surface area contributed by atoms with Crippen LogP contribution in [0.15, 0.2) is 126 Å². The third-order valence-electron chi connectivity index (χ3n) is 14.8. The minimum atomic E-state index is -0.287. The summed E-state index contributed by atoms with van der Waals surface area (Å²) in [6.07, 6.45) is 14.1. The summed E-state index contributed by atoms with van der Waals surface area (Å²) in [6, 6.07) is 23.9. The molecule has 0 spiro atoms. The van der Waals surface area contributed by atoms with Crippen LogP contribution in [0.3, 0.4) is 0 Å². The number of ether oxygens (including phenoxy) is 1. The number of hydrogen-bond donors (Lipinski definition) is 3. The quantitative estimate of drug-likeness (QED) is 0.101. The van der Waals surface area contributed by atoms with Crippen LogP contribution >= 0.6 is 11.8 Å². The lowest BCUT2D eigenvalue weighted by Crippen LogP contribution is -2.47. The minimum Gasteiger partial charge on any atom is -0.374 e. The van der Waals surface area contributed by atoms with Crippen molar-refractivity contribution in [2.45, 2.75) is 54.2 Å². The standard InChI is InChI=1S/C55H63FN22OS/c1-72(2)44-26-47(77(34-44)32-39-9-6-10-42(24-39)66-50-61-36-63-53(68-50)76-20-18-74(19-21-76)52-58-27-40(28-59-52)23-38-7-4-3-5-8-38)46-25-41(56)11-12-48(46)80-55-60-31-49(70-71-55)73-14-16-75(17-15-73)54-64-37-62-51(69-54)67-43-29-65-78(33-43)35-45-30-57-13-22-79-45/h3-12,24-25,27-29,31,33,36-37,44-45,47,57H,13-23,26,30,32,34-35H2,1-2H3,(H,61,63,66,68)(H,62,64,67,69). The molecule has 9 heterocycles. The number of rotatable bonds is 18. The van der Waals surface area contributed by atoms with E-state index in [-0.39, 0.29) is 24.0 Å². The van der Waals surface area contributed by atoms with Crippen molar-refractivity contribution < 1.29 is 9.13 Å². The maximum atomic E-state index is 15.3. The normalized spacial score (nSPS) is 19.0. The number of likely N-dealkylation sites (tertiary alicyclic amines) is 1. The second kappa shape index (κ2) is 24.5.